The van der Waals surface area contributed by atoms with Gasteiger partial charge in [0.25, 0.3) is 5.91 Å². The summed E-state index contributed by atoms with van der Waals surface area (Å²) >= 11 is 0. The van der Waals surface area contributed by atoms with Crippen LogP contribution in [-0.2, 0) is 9.59 Å². The SMILES string of the molecule is CC(C)CCN(CC(=O)NO)C(=O)[C@@H](NC(=O)Nc1cc(F)ccc1F)C(C)C. The molecule has 162 valence electrons. The molecule has 0 heterocycles. The van der Waals surface area contributed by atoms with Crippen LogP contribution in [0.5, 0.6) is 0 Å². The van der Waals surface area contributed by atoms with Crippen LogP contribution in [0.1, 0.15) is 34.1 Å². The molecule has 0 fully saturated rings. The summed E-state index contributed by atoms with van der Waals surface area (Å²) in [5, 5.41) is 13.4. The quantitative estimate of drug-likeness (QED) is 0.367. The molecule has 1 rings (SSSR count). The van der Waals surface area contributed by atoms with Crippen molar-refractivity contribution < 1.29 is 28.4 Å². The second-order valence-corrected chi connectivity index (χ2v) is 7.42. The van der Waals surface area contributed by atoms with E-state index in [0.717, 1.165) is 18.2 Å². The molecule has 4 N–H and O–H groups in total. The standard InChI is InChI=1S/C19H28F2N4O4/c1-11(2)7-8-25(10-16(26)24-29)18(27)17(12(3)4)23-19(28)22-15-9-13(20)5-6-14(15)21/h5-6,9,11-12,17,29H,7-8,10H2,1-4H3,(H,24,26)(H2,22,23,28)/t17-/m0/s1. The topological polar surface area (TPSA) is 111 Å². The van der Waals surface area contributed by atoms with Crippen molar-refractivity contribution in [3.8, 4) is 0 Å². The van der Waals surface area contributed by atoms with Crippen LogP contribution in [0.25, 0.3) is 0 Å². The summed E-state index contributed by atoms with van der Waals surface area (Å²) in [4.78, 5) is 38.0. The molecule has 10 heteroatoms. The number of nitrogens with zero attached hydrogens (tertiary/aromatic N) is 1. The number of anilines is 1. The van der Waals surface area contributed by atoms with Crippen LogP contribution in [0, 0.1) is 23.5 Å². The molecule has 1 aromatic rings. The zero-order chi connectivity index (χ0) is 22.1. The van der Waals surface area contributed by atoms with Gasteiger partial charge < -0.3 is 15.5 Å². The Bertz CT molecular complexity index is 728. The average Bonchev–Trinajstić information content (AvgIpc) is 2.64. The Morgan fingerprint density at radius 2 is 1.79 bits per heavy atom. The van der Waals surface area contributed by atoms with Gasteiger partial charge in [-0.25, -0.2) is 19.1 Å². The molecule has 0 saturated heterocycles. The lowest BCUT2D eigenvalue weighted by molar-refractivity contribution is -0.141. The third-order valence-corrected chi connectivity index (χ3v) is 4.14. The lowest BCUT2D eigenvalue weighted by atomic mass is 10.0. The minimum Gasteiger partial charge on any atom is -0.332 e. The van der Waals surface area contributed by atoms with Crippen molar-refractivity contribution in [3.05, 3.63) is 29.8 Å². The number of halogens is 2. The number of hydrogen-bond acceptors (Lipinski definition) is 4. The second-order valence-electron chi connectivity index (χ2n) is 7.42. The van der Waals surface area contributed by atoms with Crippen LogP contribution in [0.4, 0.5) is 19.3 Å². The number of amides is 4. The van der Waals surface area contributed by atoms with Crippen molar-refractivity contribution in [2.45, 2.75) is 40.2 Å². The van der Waals surface area contributed by atoms with Crippen LogP contribution >= 0.6 is 0 Å². The summed E-state index contributed by atoms with van der Waals surface area (Å²) in [6, 6.07) is 0.693. The van der Waals surface area contributed by atoms with E-state index in [0.29, 0.717) is 6.42 Å². The summed E-state index contributed by atoms with van der Waals surface area (Å²) < 4.78 is 27.0. The molecule has 0 aromatic heterocycles. The van der Waals surface area contributed by atoms with Gasteiger partial charge in [0.2, 0.25) is 5.91 Å². The van der Waals surface area contributed by atoms with E-state index in [-0.39, 0.29) is 30.6 Å². The number of nitrogens with one attached hydrogen (secondary N) is 3. The molecule has 0 aliphatic carbocycles. The van der Waals surface area contributed by atoms with Gasteiger partial charge in [-0.3, -0.25) is 14.8 Å². The largest absolute Gasteiger partial charge is 0.332 e. The van der Waals surface area contributed by atoms with Crippen molar-refractivity contribution >= 4 is 23.5 Å². The number of hydroxylamine groups is 1. The van der Waals surface area contributed by atoms with Crippen molar-refractivity contribution in [2.75, 3.05) is 18.4 Å². The fourth-order valence-electron chi connectivity index (χ4n) is 2.49. The highest BCUT2D eigenvalue weighted by atomic mass is 19.1. The van der Waals surface area contributed by atoms with Crippen LogP contribution in [0.15, 0.2) is 18.2 Å². The Labute approximate surface area is 168 Å². The lowest BCUT2D eigenvalue weighted by Crippen LogP contribution is -2.54. The number of hydrogen-bond donors (Lipinski definition) is 4. The van der Waals surface area contributed by atoms with Gasteiger partial charge in [0.1, 0.15) is 24.2 Å². The minimum atomic E-state index is -1.02. The van der Waals surface area contributed by atoms with E-state index in [9.17, 15) is 23.2 Å². The molecule has 4 amide bonds. The number of carbonyl (C=O) groups is 3. The Balaban J connectivity index is 2.93. The first-order valence-corrected chi connectivity index (χ1v) is 9.29. The molecule has 0 bridgehead atoms. The van der Waals surface area contributed by atoms with E-state index in [1.807, 2.05) is 13.8 Å². The van der Waals surface area contributed by atoms with Gasteiger partial charge in [-0.2, -0.15) is 0 Å². The first-order valence-electron chi connectivity index (χ1n) is 9.29. The highest BCUT2D eigenvalue weighted by Crippen LogP contribution is 2.16. The van der Waals surface area contributed by atoms with Crippen molar-refractivity contribution in [1.29, 1.82) is 0 Å². The number of urea groups is 1. The van der Waals surface area contributed by atoms with Gasteiger partial charge in [0, 0.05) is 12.6 Å². The molecule has 29 heavy (non-hydrogen) atoms. The Morgan fingerprint density at radius 1 is 1.14 bits per heavy atom. The van der Waals surface area contributed by atoms with Gasteiger partial charge in [-0.1, -0.05) is 27.7 Å². The molecule has 0 unspecified atom stereocenters. The normalized spacial score (nSPS) is 11.9. The van der Waals surface area contributed by atoms with Crippen LogP contribution in [0.2, 0.25) is 0 Å². The third kappa shape index (κ3) is 8.02. The summed E-state index contributed by atoms with van der Waals surface area (Å²) in [5.41, 5.74) is 1.11. The van der Waals surface area contributed by atoms with Gasteiger partial charge in [-0.15, -0.1) is 0 Å². The summed E-state index contributed by atoms with van der Waals surface area (Å²) in [6.07, 6.45) is 0.607. The lowest BCUT2D eigenvalue weighted by Gasteiger charge is -2.29. The van der Waals surface area contributed by atoms with Crippen molar-refractivity contribution in [2.24, 2.45) is 11.8 Å². The zero-order valence-corrected chi connectivity index (χ0v) is 17.0. The first kappa shape index (κ1) is 24.3. The molecule has 0 aliphatic heterocycles. The predicted molar refractivity (Wildman–Crippen MR) is 103 cm³/mol. The minimum absolute atomic E-state index is 0.245. The summed E-state index contributed by atoms with van der Waals surface area (Å²) in [5.74, 6) is -2.95. The van der Waals surface area contributed by atoms with Crippen LogP contribution in [0.3, 0.4) is 0 Å². The van der Waals surface area contributed by atoms with Crippen LogP contribution in [-0.4, -0.2) is 47.1 Å². The molecular formula is C19H28F2N4O4. The molecule has 0 aliphatic rings. The highest BCUT2D eigenvalue weighted by molar-refractivity contribution is 5.94. The van der Waals surface area contributed by atoms with Gasteiger partial charge in [0.05, 0.1) is 5.69 Å². The Morgan fingerprint density at radius 3 is 2.34 bits per heavy atom. The maximum Gasteiger partial charge on any atom is 0.319 e. The molecule has 0 saturated carbocycles. The highest BCUT2D eigenvalue weighted by Gasteiger charge is 2.30. The van der Waals surface area contributed by atoms with E-state index in [4.69, 9.17) is 5.21 Å². The molecule has 0 spiro atoms. The first-order chi connectivity index (χ1) is 13.5. The van der Waals surface area contributed by atoms with Crippen LogP contribution < -0.4 is 16.1 Å². The Hall–Kier alpha value is -2.75. The summed E-state index contributed by atoms with van der Waals surface area (Å²) in [7, 11) is 0. The van der Waals surface area contributed by atoms with E-state index in [2.05, 4.69) is 10.6 Å². The molecule has 1 aromatic carbocycles. The van der Waals surface area contributed by atoms with Crippen molar-refractivity contribution in [1.82, 2.24) is 15.7 Å². The van der Waals surface area contributed by atoms with E-state index in [1.165, 1.54) is 10.4 Å². The van der Waals surface area contributed by atoms with Gasteiger partial charge in [0.15, 0.2) is 0 Å². The zero-order valence-electron chi connectivity index (χ0n) is 17.0. The number of rotatable bonds is 9. The van der Waals surface area contributed by atoms with Gasteiger partial charge in [-0.05, 0) is 30.4 Å². The predicted octanol–water partition coefficient (Wildman–Crippen LogP) is 2.49. The fraction of sp³-hybridized carbons (Fsp3) is 0.526. The van der Waals surface area contributed by atoms with E-state index >= 15 is 0 Å². The molecule has 0 radical (unpaired) electrons. The smallest absolute Gasteiger partial charge is 0.319 e. The fourth-order valence-corrected chi connectivity index (χ4v) is 2.49. The second kappa shape index (κ2) is 11.3. The maximum absolute atomic E-state index is 13.7. The Kier molecular flexibility index (Phi) is 9.46. The number of carbonyl (C=O) groups excluding carboxylic acids is 3. The van der Waals surface area contributed by atoms with E-state index in [1.54, 1.807) is 13.8 Å². The maximum atomic E-state index is 13.7. The summed E-state index contributed by atoms with van der Waals surface area (Å²) in [6.45, 7) is 7.15. The van der Waals surface area contributed by atoms with E-state index < -0.39 is 35.5 Å². The van der Waals surface area contributed by atoms with Gasteiger partial charge >= 0.3 is 6.03 Å². The molecule has 8 nitrogen and oxygen atoms in total. The van der Waals surface area contributed by atoms with Crippen molar-refractivity contribution in [3.63, 3.8) is 0 Å². The monoisotopic (exact) mass is 414 g/mol. The number of benzene rings is 1. The average molecular weight is 414 g/mol. The molecular weight excluding hydrogens is 386 g/mol. The third-order valence-electron chi connectivity index (χ3n) is 4.14. The molecule has 1 atom stereocenters.